The highest BCUT2D eigenvalue weighted by atomic mass is 35.5. The molecule has 0 fully saturated rings. The van der Waals surface area contributed by atoms with Crippen molar-refractivity contribution in [1.29, 1.82) is 0 Å². The van der Waals surface area contributed by atoms with Gasteiger partial charge in [0, 0.05) is 7.05 Å². The monoisotopic (exact) mass is 275 g/mol. The number of benzene rings is 1. The van der Waals surface area contributed by atoms with Crippen molar-refractivity contribution < 1.29 is 0 Å². The van der Waals surface area contributed by atoms with Crippen LogP contribution in [0.4, 0.5) is 0 Å². The van der Waals surface area contributed by atoms with Gasteiger partial charge in [0.2, 0.25) is 0 Å². The zero-order valence-electron chi connectivity index (χ0n) is 10.8. The van der Waals surface area contributed by atoms with Gasteiger partial charge in [0.1, 0.15) is 12.2 Å². The van der Waals surface area contributed by atoms with E-state index >= 15 is 0 Å². The molecule has 6 heteroatoms. The number of rotatable bonds is 3. The maximum atomic E-state index is 6.00. The Morgan fingerprint density at radius 3 is 2.84 bits per heavy atom. The molecule has 3 rings (SSSR count). The SMILES string of the molecule is Cc1cccc2c1nc(CCl)n2Cc1ncn(C)n1. The van der Waals surface area contributed by atoms with Gasteiger partial charge in [-0.05, 0) is 18.6 Å². The molecule has 0 N–H and O–H groups in total. The lowest BCUT2D eigenvalue weighted by Crippen LogP contribution is -2.05. The van der Waals surface area contributed by atoms with Crippen molar-refractivity contribution >= 4 is 22.6 Å². The molecule has 0 aliphatic carbocycles. The summed E-state index contributed by atoms with van der Waals surface area (Å²) in [6.07, 6.45) is 1.69. The van der Waals surface area contributed by atoms with Crippen LogP contribution in [-0.4, -0.2) is 24.3 Å². The predicted octanol–water partition coefficient (Wildman–Crippen LogP) is 2.26. The summed E-state index contributed by atoms with van der Waals surface area (Å²) < 4.78 is 3.77. The number of hydrogen-bond donors (Lipinski definition) is 0. The number of imidazole rings is 1. The van der Waals surface area contributed by atoms with Gasteiger partial charge in [-0.15, -0.1) is 11.6 Å². The van der Waals surface area contributed by atoms with Crippen molar-refractivity contribution in [2.75, 3.05) is 0 Å². The van der Waals surface area contributed by atoms with E-state index in [4.69, 9.17) is 11.6 Å². The van der Waals surface area contributed by atoms with E-state index in [0.29, 0.717) is 12.4 Å². The van der Waals surface area contributed by atoms with E-state index in [9.17, 15) is 0 Å². The van der Waals surface area contributed by atoms with E-state index in [1.165, 1.54) is 0 Å². The molecule has 0 aliphatic heterocycles. The fourth-order valence-corrected chi connectivity index (χ4v) is 2.42. The quantitative estimate of drug-likeness (QED) is 0.689. The van der Waals surface area contributed by atoms with Crippen molar-refractivity contribution in [3.05, 3.63) is 41.7 Å². The minimum absolute atomic E-state index is 0.376. The summed E-state index contributed by atoms with van der Waals surface area (Å²) in [5, 5.41) is 4.30. The molecule has 0 atom stereocenters. The van der Waals surface area contributed by atoms with Gasteiger partial charge < -0.3 is 4.57 Å². The molecule has 0 unspecified atom stereocenters. The van der Waals surface area contributed by atoms with Crippen LogP contribution in [-0.2, 0) is 19.5 Å². The minimum atomic E-state index is 0.376. The zero-order chi connectivity index (χ0) is 13.4. The molecule has 3 aromatic rings. The number of para-hydroxylation sites is 1. The van der Waals surface area contributed by atoms with Crippen molar-refractivity contribution in [1.82, 2.24) is 24.3 Å². The summed E-state index contributed by atoms with van der Waals surface area (Å²) in [7, 11) is 1.86. The topological polar surface area (TPSA) is 48.5 Å². The van der Waals surface area contributed by atoms with Crippen molar-refractivity contribution in [2.24, 2.45) is 7.05 Å². The third-order valence-electron chi connectivity index (χ3n) is 3.13. The minimum Gasteiger partial charge on any atom is -0.319 e. The maximum absolute atomic E-state index is 6.00. The van der Waals surface area contributed by atoms with Crippen LogP contribution in [0.2, 0.25) is 0 Å². The fourth-order valence-electron chi connectivity index (χ4n) is 2.21. The van der Waals surface area contributed by atoms with Crippen LogP contribution in [0.5, 0.6) is 0 Å². The molecule has 2 aromatic heterocycles. The summed E-state index contributed by atoms with van der Waals surface area (Å²) in [5.41, 5.74) is 3.22. The second kappa shape index (κ2) is 4.66. The van der Waals surface area contributed by atoms with Crippen LogP contribution in [0.25, 0.3) is 11.0 Å². The normalized spacial score (nSPS) is 11.3. The molecule has 0 aliphatic rings. The highest BCUT2D eigenvalue weighted by molar-refractivity contribution is 6.16. The van der Waals surface area contributed by atoms with Crippen LogP contribution >= 0.6 is 11.6 Å². The predicted molar refractivity (Wildman–Crippen MR) is 74.1 cm³/mol. The van der Waals surface area contributed by atoms with Gasteiger partial charge in [0.15, 0.2) is 5.82 Å². The second-order valence-electron chi connectivity index (χ2n) is 4.52. The van der Waals surface area contributed by atoms with E-state index in [0.717, 1.165) is 28.2 Å². The number of fused-ring (bicyclic) bond motifs is 1. The lowest BCUT2D eigenvalue weighted by molar-refractivity contribution is 0.697. The Bertz CT molecular complexity index is 728. The lowest BCUT2D eigenvalue weighted by Gasteiger charge is -2.04. The Balaban J connectivity index is 2.13. The summed E-state index contributed by atoms with van der Waals surface area (Å²) >= 11 is 6.00. The van der Waals surface area contributed by atoms with Crippen LogP contribution in [0, 0.1) is 6.92 Å². The third-order valence-corrected chi connectivity index (χ3v) is 3.36. The van der Waals surface area contributed by atoms with Crippen LogP contribution in [0.3, 0.4) is 0 Å². The van der Waals surface area contributed by atoms with Gasteiger partial charge in [0.05, 0.1) is 23.5 Å². The lowest BCUT2D eigenvalue weighted by atomic mass is 10.2. The summed E-state index contributed by atoms with van der Waals surface area (Å²) in [6, 6.07) is 6.13. The number of alkyl halides is 1. The average molecular weight is 276 g/mol. The van der Waals surface area contributed by atoms with Crippen LogP contribution < -0.4 is 0 Å². The van der Waals surface area contributed by atoms with Gasteiger partial charge in [-0.25, -0.2) is 9.97 Å². The molecule has 0 saturated heterocycles. The van der Waals surface area contributed by atoms with Gasteiger partial charge in [-0.1, -0.05) is 12.1 Å². The molecule has 0 spiro atoms. The molecule has 0 amide bonds. The summed E-state index contributed by atoms with van der Waals surface area (Å²) in [6.45, 7) is 2.64. The van der Waals surface area contributed by atoms with Crippen LogP contribution in [0.15, 0.2) is 24.5 Å². The second-order valence-corrected chi connectivity index (χ2v) is 4.79. The Kier molecular flexibility index (Phi) is 2.98. The summed E-state index contributed by atoms with van der Waals surface area (Å²) in [4.78, 5) is 8.86. The Morgan fingerprint density at radius 2 is 2.16 bits per heavy atom. The number of nitrogens with zero attached hydrogens (tertiary/aromatic N) is 5. The Labute approximate surface area is 115 Å². The highest BCUT2D eigenvalue weighted by Crippen LogP contribution is 2.21. The standard InChI is InChI=1S/C13H14ClN5/c1-9-4-3-5-10-13(9)16-12(6-14)19(10)7-11-15-8-18(2)17-11/h3-5,8H,6-7H2,1-2H3. The van der Waals surface area contributed by atoms with E-state index < -0.39 is 0 Å². The molecule has 0 saturated carbocycles. The molecular weight excluding hydrogens is 262 g/mol. The number of aromatic nitrogens is 5. The number of halogens is 1. The Hall–Kier alpha value is -1.88. The Morgan fingerprint density at radius 1 is 1.32 bits per heavy atom. The first-order valence-corrected chi connectivity index (χ1v) is 6.57. The first-order chi connectivity index (χ1) is 9.19. The maximum Gasteiger partial charge on any atom is 0.170 e. The average Bonchev–Trinajstić information content (AvgIpc) is 2.96. The van der Waals surface area contributed by atoms with Gasteiger partial charge >= 0.3 is 0 Å². The number of aryl methyl sites for hydroxylation is 2. The molecular formula is C13H14ClN5. The molecule has 0 radical (unpaired) electrons. The fraction of sp³-hybridized carbons (Fsp3) is 0.308. The summed E-state index contributed by atoms with van der Waals surface area (Å²) in [5.74, 6) is 1.98. The van der Waals surface area contributed by atoms with Gasteiger partial charge in [0.25, 0.3) is 0 Å². The number of hydrogen-bond acceptors (Lipinski definition) is 3. The highest BCUT2D eigenvalue weighted by Gasteiger charge is 2.13. The molecule has 98 valence electrons. The van der Waals surface area contributed by atoms with Crippen molar-refractivity contribution in [3.63, 3.8) is 0 Å². The molecule has 5 nitrogen and oxygen atoms in total. The smallest absolute Gasteiger partial charge is 0.170 e. The van der Waals surface area contributed by atoms with Crippen LogP contribution in [0.1, 0.15) is 17.2 Å². The van der Waals surface area contributed by atoms with Crippen molar-refractivity contribution in [2.45, 2.75) is 19.3 Å². The molecule has 1 aromatic carbocycles. The molecule has 0 bridgehead atoms. The zero-order valence-corrected chi connectivity index (χ0v) is 11.6. The first-order valence-electron chi connectivity index (χ1n) is 6.04. The largest absolute Gasteiger partial charge is 0.319 e. The van der Waals surface area contributed by atoms with Gasteiger partial charge in [-0.3, -0.25) is 4.68 Å². The van der Waals surface area contributed by atoms with Crippen molar-refractivity contribution in [3.8, 4) is 0 Å². The van der Waals surface area contributed by atoms with Gasteiger partial charge in [-0.2, -0.15) is 5.10 Å². The molecule has 2 heterocycles. The first kappa shape index (κ1) is 12.2. The van der Waals surface area contributed by atoms with E-state index in [1.807, 2.05) is 19.2 Å². The van der Waals surface area contributed by atoms with E-state index in [2.05, 4.69) is 32.6 Å². The third kappa shape index (κ3) is 2.10. The van der Waals surface area contributed by atoms with E-state index in [-0.39, 0.29) is 0 Å². The molecule has 19 heavy (non-hydrogen) atoms. The van der Waals surface area contributed by atoms with E-state index in [1.54, 1.807) is 11.0 Å².